The fraction of sp³-hybridized carbons (Fsp3) is 0.714. The Morgan fingerprint density at radius 3 is 2.47 bits per heavy atom. The monoisotopic (exact) mass is 347 g/mol. The maximum absolute atomic E-state index is 3.52. The summed E-state index contributed by atoms with van der Waals surface area (Å²) in [6.07, 6.45) is 0. The topological polar surface area (TPSA) is 18.5 Å². The van der Waals surface area contributed by atoms with Crippen molar-refractivity contribution in [3.05, 3.63) is 20.8 Å². The number of nitrogens with one attached hydrogen (secondary N) is 1. The molecule has 0 saturated carbocycles. The summed E-state index contributed by atoms with van der Waals surface area (Å²) >= 11 is 5.26. The first-order chi connectivity index (χ1) is 9.15. The van der Waals surface area contributed by atoms with Crippen LogP contribution >= 0.6 is 27.3 Å². The van der Waals surface area contributed by atoms with Gasteiger partial charge in [-0.05, 0) is 53.1 Å². The Labute approximate surface area is 130 Å². The zero-order valence-corrected chi connectivity index (χ0v) is 14.7. The number of hydrogen-bond acceptors (Lipinski definition) is 4. The molecule has 3 nitrogen and oxygen atoms in total. The number of thiophene rings is 1. The van der Waals surface area contributed by atoms with Crippen molar-refractivity contribution in [2.45, 2.75) is 20.4 Å². The second kappa shape index (κ2) is 9.88. The van der Waals surface area contributed by atoms with Crippen LogP contribution in [0.3, 0.4) is 0 Å². The van der Waals surface area contributed by atoms with Gasteiger partial charge in [0.05, 0.1) is 3.79 Å². The molecule has 0 bridgehead atoms. The SMILES string of the molecule is CCN(CC)CCNCCN(C)Cc1csc(Br)c1. The fourth-order valence-corrected chi connectivity index (χ4v) is 3.19. The lowest BCUT2D eigenvalue weighted by Gasteiger charge is -2.19. The summed E-state index contributed by atoms with van der Waals surface area (Å²) in [5.74, 6) is 0. The lowest BCUT2D eigenvalue weighted by atomic mass is 10.3. The predicted octanol–water partition coefficient (Wildman–Crippen LogP) is 2.87. The Morgan fingerprint density at radius 2 is 1.89 bits per heavy atom. The first-order valence-corrected chi connectivity index (χ1v) is 8.67. The third kappa shape index (κ3) is 7.42. The highest BCUT2D eigenvalue weighted by atomic mass is 79.9. The van der Waals surface area contributed by atoms with Gasteiger partial charge in [0.15, 0.2) is 0 Å². The highest BCUT2D eigenvalue weighted by molar-refractivity contribution is 9.11. The molecule has 1 rings (SSSR count). The molecule has 19 heavy (non-hydrogen) atoms. The maximum Gasteiger partial charge on any atom is 0.0701 e. The molecular weight excluding hydrogens is 322 g/mol. The predicted molar refractivity (Wildman–Crippen MR) is 89.0 cm³/mol. The molecule has 5 heteroatoms. The van der Waals surface area contributed by atoms with Gasteiger partial charge in [0.1, 0.15) is 0 Å². The van der Waals surface area contributed by atoms with Gasteiger partial charge in [-0.15, -0.1) is 11.3 Å². The minimum absolute atomic E-state index is 1.03. The minimum Gasteiger partial charge on any atom is -0.314 e. The highest BCUT2D eigenvalue weighted by Gasteiger charge is 2.02. The number of halogens is 1. The van der Waals surface area contributed by atoms with Crippen molar-refractivity contribution in [3.63, 3.8) is 0 Å². The van der Waals surface area contributed by atoms with Gasteiger partial charge in [-0.25, -0.2) is 0 Å². The van der Waals surface area contributed by atoms with Crippen molar-refractivity contribution >= 4 is 27.3 Å². The van der Waals surface area contributed by atoms with Gasteiger partial charge >= 0.3 is 0 Å². The number of likely N-dealkylation sites (N-methyl/N-ethyl adjacent to an activating group) is 2. The summed E-state index contributed by atoms with van der Waals surface area (Å²) in [6, 6.07) is 2.20. The van der Waals surface area contributed by atoms with Crippen molar-refractivity contribution in [1.82, 2.24) is 15.1 Å². The summed E-state index contributed by atoms with van der Waals surface area (Å²) in [6.45, 7) is 12.1. The Morgan fingerprint density at radius 1 is 1.21 bits per heavy atom. The molecule has 0 saturated heterocycles. The number of nitrogens with zero attached hydrogens (tertiary/aromatic N) is 2. The number of hydrogen-bond donors (Lipinski definition) is 1. The molecule has 0 aliphatic heterocycles. The Hall–Kier alpha value is 0.0600. The molecule has 0 aliphatic carbocycles. The van der Waals surface area contributed by atoms with Crippen molar-refractivity contribution in [2.24, 2.45) is 0 Å². The average Bonchev–Trinajstić information content (AvgIpc) is 2.79. The van der Waals surface area contributed by atoms with E-state index in [1.807, 2.05) is 0 Å². The van der Waals surface area contributed by atoms with Crippen LogP contribution in [0.4, 0.5) is 0 Å². The molecule has 110 valence electrons. The molecular formula is C14H26BrN3S. The summed E-state index contributed by atoms with van der Waals surface area (Å²) in [5.41, 5.74) is 1.39. The van der Waals surface area contributed by atoms with E-state index < -0.39 is 0 Å². The lowest BCUT2D eigenvalue weighted by Crippen LogP contribution is -2.35. The quantitative estimate of drug-likeness (QED) is 0.656. The standard InChI is InChI=1S/C14H26BrN3S/c1-4-18(5-2)9-7-16-6-8-17(3)11-13-10-14(15)19-12-13/h10,12,16H,4-9,11H2,1-3H3. The maximum atomic E-state index is 3.52. The van der Waals surface area contributed by atoms with E-state index >= 15 is 0 Å². The molecule has 1 aromatic rings. The van der Waals surface area contributed by atoms with E-state index in [9.17, 15) is 0 Å². The van der Waals surface area contributed by atoms with Gasteiger partial charge in [0.25, 0.3) is 0 Å². The van der Waals surface area contributed by atoms with Crippen LogP contribution in [0.1, 0.15) is 19.4 Å². The van der Waals surface area contributed by atoms with E-state index in [0.717, 1.165) is 45.8 Å². The van der Waals surface area contributed by atoms with Crippen LogP contribution in [0.15, 0.2) is 15.2 Å². The minimum atomic E-state index is 1.03. The van der Waals surface area contributed by atoms with Gasteiger partial charge in [0, 0.05) is 32.7 Å². The molecule has 0 unspecified atom stereocenters. The third-order valence-electron chi connectivity index (χ3n) is 3.24. The summed E-state index contributed by atoms with van der Waals surface area (Å²) in [7, 11) is 2.18. The molecule has 1 aromatic heterocycles. The van der Waals surface area contributed by atoms with Gasteiger partial charge in [-0.3, -0.25) is 0 Å². The van der Waals surface area contributed by atoms with E-state index in [1.54, 1.807) is 11.3 Å². The molecule has 0 fully saturated rings. The zero-order chi connectivity index (χ0) is 14.1. The van der Waals surface area contributed by atoms with Crippen LogP contribution in [0.5, 0.6) is 0 Å². The van der Waals surface area contributed by atoms with Crippen molar-refractivity contribution in [1.29, 1.82) is 0 Å². The molecule has 0 aliphatic rings. The van der Waals surface area contributed by atoms with Gasteiger partial charge < -0.3 is 15.1 Å². The first-order valence-electron chi connectivity index (χ1n) is 7.00. The van der Waals surface area contributed by atoms with Crippen LogP contribution in [-0.2, 0) is 6.54 Å². The molecule has 0 aromatic carbocycles. The lowest BCUT2D eigenvalue weighted by molar-refractivity contribution is 0.291. The van der Waals surface area contributed by atoms with E-state index in [-0.39, 0.29) is 0 Å². The molecule has 1 heterocycles. The summed E-state index contributed by atoms with van der Waals surface area (Å²) in [4.78, 5) is 4.80. The summed E-state index contributed by atoms with van der Waals surface area (Å²) in [5, 5.41) is 5.73. The Kier molecular flexibility index (Phi) is 8.90. The van der Waals surface area contributed by atoms with Crippen molar-refractivity contribution < 1.29 is 0 Å². The first kappa shape index (κ1) is 17.1. The third-order valence-corrected chi connectivity index (χ3v) is 4.80. The van der Waals surface area contributed by atoms with E-state index in [2.05, 4.69) is 63.4 Å². The van der Waals surface area contributed by atoms with E-state index in [0.29, 0.717) is 0 Å². The van der Waals surface area contributed by atoms with Crippen LogP contribution in [-0.4, -0.2) is 56.1 Å². The van der Waals surface area contributed by atoms with E-state index in [4.69, 9.17) is 0 Å². The van der Waals surface area contributed by atoms with Crippen LogP contribution in [0, 0.1) is 0 Å². The smallest absolute Gasteiger partial charge is 0.0701 e. The van der Waals surface area contributed by atoms with Gasteiger partial charge in [-0.2, -0.15) is 0 Å². The van der Waals surface area contributed by atoms with Crippen LogP contribution in [0.2, 0.25) is 0 Å². The second-order valence-electron chi connectivity index (χ2n) is 4.77. The second-order valence-corrected chi connectivity index (χ2v) is 7.06. The molecule has 0 atom stereocenters. The normalized spacial score (nSPS) is 11.7. The van der Waals surface area contributed by atoms with Crippen molar-refractivity contribution in [3.8, 4) is 0 Å². The summed E-state index contributed by atoms with van der Waals surface area (Å²) < 4.78 is 1.22. The van der Waals surface area contributed by atoms with Gasteiger partial charge in [-0.1, -0.05) is 13.8 Å². The van der Waals surface area contributed by atoms with E-state index in [1.165, 1.54) is 9.35 Å². The molecule has 0 amide bonds. The Bertz CT molecular complexity index is 339. The average molecular weight is 348 g/mol. The molecule has 0 radical (unpaired) electrons. The largest absolute Gasteiger partial charge is 0.314 e. The van der Waals surface area contributed by atoms with Crippen molar-refractivity contribution in [2.75, 3.05) is 46.3 Å². The number of rotatable bonds is 10. The zero-order valence-electron chi connectivity index (χ0n) is 12.3. The molecule has 1 N–H and O–H groups in total. The van der Waals surface area contributed by atoms with Gasteiger partial charge in [0.2, 0.25) is 0 Å². The van der Waals surface area contributed by atoms with Crippen LogP contribution < -0.4 is 5.32 Å². The molecule has 0 spiro atoms. The highest BCUT2D eigenvalue weighted by Crippen LogP contribution is 2.21. The van der Waals surface area contributed by atoms with Crippen LogP contribution in [0.25, 0.3) is 0 Å². The Balaban J connectivity index is 2.05. The fourth-order valence-electron chi connectivity index (χ4n) is 1.99.